The van der Waals surface area contributed by atoms with Gasteiger partial charge in [0.1, 0.15) is 6.61 Å². The Hall–Kier alpha value is -1.27. The van der Waals surface area contributed by atoms with Gasteiger partial charge in [-0.05, 0) is 14.0 Å². The zero-order valence-electron chi connectivity index (χ0n) is 26.5. The van der Waals surface area contributed by atoms with E-state index in [0.29, 0.717) is 151 Å². The van der Waals surface area contributed by atoms with Gasteiger partial charge in [0.25, 0.3) is 0 Å². The third kappa shape index (κ3) is 36.8. The fourth-order valence-electron chi connectivity index (χ4n) is 2.79. The third-order valence-electron chi connectivity index (χ3n) is 5.03. The first kappa shape index (κ1) is 41.7. The number of hydrogen-bond donors (Lipinski definition) is 1. The molecule has 0 fully saturated rings. The molecule has 0 saturated heterocycles. The molecule has 0 amide bonds. The van der Waals surface area contributed by atoms with E-state index in [2.05, 4.69) is 11.9 Å². The van der Waals surface area contributed by atoms with Crippen molar-refractivity contribution in [2.75, 3.05) is 166 Å². The van der Waals surface area contributed by atoms with E-state index in [4.69, 9.17) is 56.8 Å². The van der Waals surface area contributed by atoms with Crippen LogP contribution in [0.4, 0.5) is 0 Å². The molecule has 14 nitrogen and oxygen atoms in total. The van der Waals surface area contributed by atoms with Crippen molar-refractivity contribution in [3.05, 3.63) is 12.2 Å². The maximum atomic E-state index is 11.2. The van der Waals surface area contributed by atoms with Crippen molar-refractivity contribution in [3.8, 4) is 0 Å². The molecule has 0 aromatic carbocycles. The molecule has 0 heterocycles. The van der Waals surface area contributed by atoms with Crippen LogP contribution in [0.3, 0.4) is 0 Å². The lowest BCUT2D eigenvalue weighted by atomic mass is 10.4. The largest absolute Gasteiger partial charge is 0.460 e. The summed E-state index contributed by atoms with van der Waals surface area (Å²) in [5.74, 6) is -0.412. The molecule has 256 valence electrons. The molecule has 0 aliphatic rings. The number of carbonyl (C=O) groups is 1. The van der Waals surface area contributed by atoms with Gasteiger partial charge in [0.15, 0.2) is 0 Å². The Bertz CT molecular complexity index is 587. The van der Waals surface area contributed by atoms with Crippen LogP contribution in [-0.4, -0.2) is 172 Å². The molecule has 0 atom stereocenters. The number of ether oxygens (including phenoxy) is 12. The van der Waals surface area contributed by atoms with Crippen molar-refractivity contribution in [1.82, 2.24) is 5.32 Å². The summed E-state index contributed by atoms with van der Waals surface area (Å²) in [6, 6.07) is 0. The minimum atomic E-state index is -0.412. The van der Waals surface area contributed by atoms with Crippen LogP contribution < -0.4 is 5.32 Å². The molecular weight excluding hydrogens is 570 g/mol. The summed E-state index contributed by atoms with van der Waals surface area (Å²) >= 11 is 0. The Morgan fingerprint density at radius 2 is 0.628 bits per heavy atom. The Kier molecular flexibility index (Phi) is 35.8. The second-order valence-electron chi connectivity index (χ2n) is 8.76. The van der Waals surface area contributed by atoms with Gasteiger partial charge in [-0.15, -0.1) is 0 Å². The number of nitrogens with one attached hydrogen (secondary N) is 1. The molecule has 0 unspecified atom stereocenters. The number of rotatable bonds is 37. The number of likely N-dealkylation sites (N-methyl/N-ethyl adjacent to an activating group) is 1. The highest BCUT2D eigenvalue weighted by atomic mass is 16.6. The summed E-state index contributed by atoms with van der Waals surface area (Å²) in [6.45, 7) is 17.3. The molecule has 14 heteroatoms. The summed E-state index contributed by atoms with van der Waals surface area (Å²) in [5, 5.41) is 3.02. The maximum Gasteiger partial charge on any atom is 0.333 e. The van der Waals surface area contributed by atoms with Crippen LogP contribution in [0.15, 0.2) is 12.2 Å². The Labute approximate surface area is 257 Å². The highest BCUT2D eigenvalue weighted by molar-refractivity contribution is 5.86. The molecule has 0 aromatic heterocycles. The summed E-state index contributed by atoms with van der Waals surface area (Å²) < 4.78 is 64.5. The molecule has 43 heavy (non-hydrogen) atoms. The Balaban J connectivity index is 3.06. The summed E-state index contributed by atoms with van der Waals surface area (Å²) in [6.07, 6.45) is 0. The zero-order chi connectivity index (χ0) is 31.3. The Morgan fingerprint density at radius 1 is 0.419 bits per heavy atom. The molecule has 0 aliphatic heterocycles. The fraction of sp³-hybridized carbons (Fsp3) is 0.897. The average Bonchev–Trinajstić information content (AvgIpc) is 3.00. The van der Waals surface area contributed by atoms with Crippen LogP contribution in [-0.2, 0) is 61.6 Å². The van der Waals surface area contributed by atoms with E-state index in [0.717, 1.165) is 6.54 Å². The van der Waals surface area contributed by atoms with E-state index < -0.39 is 5.97 Å². The predicted molar refractivity (Wildman–Crippen MR) is 159 cm³/mol. The van der Waals surface area contributed by atoms with Crippen LogP contribution in [0.25, 0.3) is 0 Å². The standard InChI is InChI=1S/C29H57NO13/c1-28(2)29(31)43-27-26-42-25-24-41-23-22-40-21-20-39-19-18-38-17-16-37-15-14-36-13-12-35-11-10-34-9-8-33-7-6-32-5-4-30-3/h30H,1,4-27H2,2-3H3. The molecule has 0 saturated carbocycles. The summed E-state index contributed by atoms with van der Waals surface area (Å²) in [5.41, 5.74) is 0.370. The molecule has 0 aromatic rings. The van der Waals surface area contributed by atoms with Crippen LogP contribution in [0.1, 0.15) is 6.92 Å². The number of carbonyl (C=O) groups excluding carboxylic acids is 1. The van der Waals surface area contributed by atoms with Crippen molar-refractivity contribution in [2.45, 2.75) is 6.92 Å². The van der Waals surface area contributed by atoms with Crippen molar-refractivity contribution in [2.24, 2.45) is 0 Å². The highest BCUT2D eigenvalue weighted by Gasteiger charge is 2.02. The van der Waals surface area contributed by atoms with Crippen molar-refractivity contribution >= 4 is 5.97 Å². The van der Waals surface area contributed by atoms with Gasteiger partial charge < -0.3 is 62.2 Å². The summed E-state index contributed by atoms with van der Waals surface area (Å²) in [7, 11) is 1.89. The quantitative estimate of drug-likeness (QED) is 0.0581. The van der Waals surface area contributed by atoms with Gasteiger partial charge in [0, 0.05) is 12.1 Å². The first-order chi connectivity index (χ1) is 21.2. The van der Waals surface area contributed by atoms with Gasteiger partial charge >= 0.3 is 5.97 Å². The Morgan fingerprint density at radius 3 is 0.837 bits per heavy atom. The molecule has 0 aliphatic carbocycles. The minimum absolute atomic E-state index is 0.200. The lowest BCUT2D eigenvalue weighted by molar-refractivity contribution is -0.140. The van der Waals surface area contributed by atoms with Crippen LogP contribution >= 0.6 is 0 Å². The highest BCUT2D eigenvalue weighted by Crippen LogP contribution is 1.92. The van der Waals surface area contributed by atoms with Crippen LogP contribution in [0.5, 0.6) is 0 Å². The van der Waals surface area contributed by atoms with Gasteiger partial charge in [0.2, 0.25) is 0 Å². The molecule has 0 radical (unpaired) electrons. The third-order valence-corrected chi connectivity index (χ3v) is 5.03. The number of hydrogen-bond acceptors (Lipinski definition) is 14. The van der Waals surface area contributed by atoms with E-state index >= 15 is 0 Å². The van der Waals surface area contributed by atoms with Gasteiger partial charge in [-0.25, -0.2) is 4.79 Å². The van der Waals surface area contributed by atoms with Crippen LogP contribution in [0.2, 0.25) is 0 Å². The predicted octanol–water partition coefficient (Wildman–Crippen LogP) is 0.508. The van der Waals surface area contributed by atoms with E-state index in [1.165, 1.54) is 0 Å². The molecule has 0 rings (SSSR count). The second-order valence-corrected chi connectivity index (χ2v) is 8.76. The van der Waals surface area contributed by atoms with Gasteiger partial charge in [-0.2, -0.15) is 0 Å². The van der Waals surface area contributed by atoms with Crippen molar-refractivity contribution in [1.29, 1.82) is 0 Å². The van der Waals surface area contributed by atoms with E-state index in [-0.39, 0.29) is 6.61 Å². The van der Waals surface area contributed by atoms with Gasteiger partial charge in [-0.1, -0.05) is 6.58 Å². The van der Waals surface area contributed by atoms with Crippen molar-refractivity contribution < 1.29 is 61.6 Å². The van der Waals surface area contributed by atoms with E-state index in [1.54, 1.807) is 6.92 Å². The van der Waals surface area contributed by atoms with Gasteiger partial charge in [0.05, 0.1) is 145 Å². The van der Waals surface area contributed by atoms with E-state index in [1.807, 2.05) is 7.05 Å². The number of esters is 1. The molecular formula is C29H57NO13. The SMILES string of the molecule is C=C(C)C(=O)OCCOCCOCCOCCOCCOCCOCCOCCOCCOCCOCCOCCNC. The lowest BCUT2D eigenvalue weighted by Crippen LogP contribution is -2.17. The maximum absolute atomic E-state index is 11.2. The van der Waals surface area contributed by atoms with Gasteiger partial charge in [-0.3, -0.25) is 0 Å². The minimum Gasteiger partial charge on any atom is -0.460 e. The lowest BCUT2D eigenvalue weighted by Gasteiger charge is -2.09. The summed E-state index contributed by atoms with van der Waals surface area (Å²) in [4.78, 5) is 11.2. The van der Waals surface area contributed by atoms with E-state index in [9.17, 15) is 4.79 Å². The molecule has 0 spiro atoms. The topological polar surface area (TPSA) is 140 Å². The first-order valence-corrected chi connectivity index (χ1v) is 15.0. The normalized spacial score (nSPS) is 11.3. The first-order valence-electron chi connectivity index (χ1n) is 15.0. The monoisotopic (exact) mass is 627 g/mol. The molecule has 0 bridgehead atoms. The second kappa shape index (κ2) is 36.9. The fourth-order valence-corrected chi connectivity index (χ4v) is 2.79. The zero-order valence-corrected chi connectivity index (χ0v) is 26.5. The smallest absolute Gasteiger partial charge is 0.333 e. The molecule has 1 N–H and O–H groups in total. The average molecular weight is 628 g/mol. The van der Waals surface area contributed by atoms with Crippen molar-refractivity contribution in [3.63, 3.8) is 0 Å². The van der Waals surface area contributed by atoms with Crippen LogP contribution in [0, 0.1) is 0 Å².